The van der Waals surface area contributed by atoms with Crippen LogP contribution in [0.5, 0.6) is 5.75 Å². The van der Waals surface area contributed by atoms with Crippen LogP contribution in [0, 0.1) is 0 Å². The second kappa shape index (κ2) is 8.92. The number of anilines is 1. The summed E-state index contributed by atoms with van der Waals surface area (Å²) < 4.78 is 67.5. The first-order valence-electron chi connectivity index (χ1n) is 7.99. The zero-order valence-electron chi connectivity index (χ0n) is 14.3. The van der Waals surface area contributed by atoms with E-state index in [9.17, 15) is 21.6 Å². The summed E-state index contributed by atoms with van der Waals surface area (Å²) >= 11 is 0. The van der Waals surface area contributed by atoms with Crippen molar-refractivity contribution in [2.24, 2.45) is 0 Å². The molecule has 2 N–H and O–H groups in total. The van der Waals surface area contributed by atoms with E-state index in [0.717, 1.165) is 29.8 Å². The van der Waals surface area contributed by atoms with Crippen LogP contribution in [-0.2, 0) is 16.4 Å². The van der Waals surface area contributed by atoms with Gasteiger partial charge in [0.05, 0.1) is 4.90 Å². The zero-order valence-corrected chi connectivity index (χ0v) is 15.1. The van der Waals surface area contributed by atoms with Crippen LogP contribution in [0.1, 0.15) is 5.56 Å². The van der Waals surface area contributed by atoms with Crippen LogP contribution < -0.4 is 14.8 Å². The summed E-state index contributed by atoms with van der Waals surface area (Å²) in [5.41, 5.74) is 1.30. The highest BCUT2D eigenvalue weighted by molar-refractivity contribution is 7.92. The summed E-state index contributed by atoms with van der Waals surface area (Å²) in [7, 11) is -3.94. The molecule has 5 nitrogen and oxygen atoms in total. The van der Waals surface area contributed by atoms with Crippen molar-refractivity contribution in [3.63, 3.8) is 0 Å². The molecule has 0 radical (unpaired) electrons. The monoisotopic (exact) mass is 400 g/mol. The molecule has 2 aromatic rings. The van der Waals surface area contributed by atoms with Crippen molar-refractivity contribution >= 4 is 15.7 Å². The van der Waals surface area contributed by atoms with Gasteiger partial charge in [-0.2, -0.15) is 0 Å². The number of halogens is 3. The molecular weight excluding hydrogens is 381 g/mol. The van der Waals surface area contributed by atoms with Gasteiger partial charge in [-0.1, -0.05) is 18.2 Å². The number of nitrogens with one attached hydrogen (secondary N) is 2. The first-order valence-corrected chi connectivity index (χ1v) is 9.47. The third-order valence-corrected chi connectivity index (χ3v) is 4.82. The molecule has 0 bridgehead atoms. The number of alkyl halides is 3. The van der Waals surface area contributed by atoms with E-state index < -0.39 is 22.1 Å². The van der Waals surface area contributed by atoms with Gasteiger partial charge in [0.1, 0.15) is 5.75 Å². The van der Waals surface area contributed by atoms with Crippen LogP contribution in [-0.4, -0.2) is 27.9 Å². The van der Waals surface area contributed by atoms with Gasteiger partial charge in [0.25, 0.3) is 10.0 Å². The van der Waals surface area contributed by atoms with E-state index in [1.807, 2.05) is 6.07 Å². The Morgan fingerprint density at radius 1 is 1.11 bits per heavy atom. The summed E-state index contributed by atoms with van der Waals surface area (Å²) in [5, 5.41) is 3.15. The van der Waals surface area contributed by atoms with E-state index in [0.29, 0.717) is 25.2 Å². The number of rotatable bonds is 9. The van der Waals surface area contributed by atoms with Gasteiger partial charge in [-0.15, -0.1) is 19.8 Å². The van der Waals surface area contributed by atoms with Gasteiger partial charge >= 0.3 is 6.36 Å². The van der Waals surface area contributed by atoms with Crippen molar-refractivity contribution < 1.29 is 26.3 Å². The topological polar surface area (TPSA) is 67.4 Å². The van der Waals surface area contributed by atoms with Gasteiger partial charge in [0.15, 0.2) is 0 Å². The summed E-state index contributed by atoms with van der Waals surface area (Å²) in [4.78, 5) is -0.171. The largest absolute Gasteiger partial charge is 0.573 e. The predicted octanol–water partition coefficient (Wildman–Crippen LogP) is 3.70. The Balaban J connectivity index is 2.06. The summed E-state index contributed by atoms with van der Waals surface area (Å²) in [6, 6.07) is 10.9. The Morgan fingerprint density at radius 3 is 2.44 bits per heavy atom. The Morgan fingerprint density at radius 2 is 1.81 bits per heavy atom. The third-order valence-electron chi connectivity index (χ3n) is 3.43. The lowest BCUT2D eigenvalue weighted by atomic mass is 10.1. The van der Waals surface area contributed by atoms with Crippen molar-refractivity contribution in [2.75, 3.05) is 17.8 Å². The van der Waals surface area contributed by atoms with E-state index in [4.69, 9.17) is 0 Å². The SMILES string of the molecule is C=CCNCCc1cccc(NS(=O)(=O)c2ccc(OC(F)(F)F)cc2)c1. The average molecular weight is 400 g/mol. The van der Waals surface area contributed by atoms with Crippen molar-refractivity contribution in [2.45, 2.75) is 17.7 Å². The maximum Gasteiger partial charge on any atom is 0.573 e. The van der Waals surface area contributed by atoms with Crippen molar-refractivity contribution in [1.82, 2.24) is 5.32 Å². The Hall–Kier alpha value is -2.52. The lowest BCUT2D eigenvalue weighted by Gasteiger charge is -2.11. The molecule has 2 aromatic carbocycles. The summed E-state index contributed by atoms with van der Waals surface area (Å²) in [5.74, 6) is -0.490. The maximum atomic E-state index is 12.4. The first kappa shape index (κ1) is 20.8. The molecule has 0 aromatic heterocycles. The van der Waals surface area contributed by atoms with E-state index in [1.54, 1.807) is 24.3 Å². The van der Waals surface area contributed by atoms with E-state index in [-0.39, 0.29) is 4.90 Å². The lowest BCUT2D eigenvalue weighted by molar-refractivity contribution is -0.274. The van der Waals surface area contributed by atoms with Gasteiger partial charge in [-0.25, -0.2) is 8.42 Å². The molecule has 0 spiro atoms. The van der Waals surface area contributed by atoms with Gasteiger partial charge < -0.3 is 10.1 Å². The first-order chi connectivity index (χ1) is 12.7. The fourth-order valence-electron chi connectivity index (χ4n) is 2.26. The molecule has 0 heterocycles. The predicted molar refractivity (Wildman–Crippen MR) is 97.1 cm³/mol. The van der Waals surface area contributed by atoms with Crippen molar-refractivity contribution in [3.8, 4) is 5.75 Å². The minimum Gasteiger partial charge on any atom is -0.406 e. The zero-order chi connectivity index (χ0) is 19.9. The molecule has 0 saturated carbocycles. The van der Waals surface area contributed by atoms with Gasteiger partial charge in [0.2, 0.25) is 0 Å². The molecule has 27 heavy (non-hydrogen) atoms. The number of ether oxygens (including phenoxy) is 1. The van der Waals surface area contributed by atoms with Crippen LogP contribution in [0.2, 0.25) is 0 Å². The molecule has 0 amide bonds. The second-order valence-electron chi connectivity index (χ2n) is 5.57. The van der Waals surface area contributed by atoms with Gasteiger partial charge in [-0.3, -0.25) is 4.72 Å². The standard InChI is InChI=1S/C18H19F3N2O3S/c1-2-11-22-12-10-14-4-3-5-15(13-14)23-27(24,25)17-8-6-16(7-9-17)26-18(19,20)21/h2-9,13,22-23H,1,10-12H2. The van der Waals surface area contributed by atoms with Gasteiger partial charge in [0, 0.05) is 12.2 Å². The van der Waals surface area contributed by atoms with Crippen LogP contribution >= 0.6 is 0 Å². The fraction of sp³-hybridized carbons (Fsp3) is 0.222. The number of hydrogen-bond donors (Lipinski definition) is 2. The molecule has 0 unspecified atom stereocenters. The van der Waals surface area contributed by atoms with Crippen LogP contribution in [0.25, 0.3) is 0 Å². The molecule has 0 aliphatic carbocycles. The highest BCUT2D eigenvalue weighted by Gasteiger charge is 2.31. The molecule has 0 atom stereocenters. The lowest BCUT2D eigenvalue weighted by Crippen LogP contribution is -2.17. The summed E-state index contributed by atoms with van der Waals surface area (Å²) in [6.07, 6.45) is -2.39. The smallest absolute Gasteiger partial charge is 0.406 e. The molecule has 0 saturated heterocycles. The normalized spacial score (nSPS) is 11.8. The minimum absolute atomic E-state index is 0.171. The Labute approximate surface area is 155 Å². The molecule has 0 fully saturated rings. The molecule has 146 valence electrons. The van der Waals surface area contributed by atoms with Crippen molar-refractivity contribution in [3.05, 3.63) is 66.7 Å². The minimum atomic E-state index is -4.83. The molecule has 2 rings (SSSR count). The number of hydrogen-bond acceptors (Lipinski definition) is 4. The van der Waals surface area contributed by atoms with Crippen LogP contribution in [0.3, 0.4) is 0 Å². The van der Waals surface area contributed by atoms with Crippen LogP contribution in [0.15, 0.2) is 66.1 Å². The van der Waals surface area contributed by atoms with Crippen LogP contribution in [0.4, 0.5) is 18.9 Å². The molecular formula is C18H19F3N2O3S. The third kappa shape index (κ3) is 6.95. The molecule has 0 aliphatic rings. The van der Waals surface area contributed by atoms with E-state index in [1.165, 1.54) is 0 Å². The average Bonchev–Trinajstić information content (AvgIpc) is 2.58. The Bertz CT molecular complexity index is 866. The van der Waals surface area contributed by atoms with E-state index >= 15 is 0 Å². The Kier molecular flexibility index (Phi) is 6.86. The molecule has 9 heteroatoms. The van der Waals surface area contributed by atoms with E-state index in [2.05, 4.69) is 21.4 Å². The highest BCUT2D eigenvalue weighted by atomic mass is 32.2. The fourth-order valence-corrected chi connectivity index (χ4v) is 3.31. The highest BCUT2D eigenvalue weighted by Crippen LogP contribution is 2.25. The summed E-state index contributed by atoms with van der Waals surface area (Å²) in [6.45, 7) is 5.00. The number of sulfonamides is 1. The number of benzene rings is 2. The van der Waals surface area contributed by atoms with Gasteiger partial charge in [-0.05, 0) is 54.9 Å². The quantitative estimate of drug-likeness (QED) is 0.498. The molecule has 0 aliphatic heterocycles. The second-order valence-corrected chi connectivity index (χ2v) is 7.25. The maximum absolute atomic E-state index is 12.4. The van der Waals surface area contributed by atoms with Crippen molar-refractivity contribution in [1.29, 1.82) is 0 Å².